The van der Waals surface area contributed by atoms with Crippen molar-refractivity contribution >= 4 is 24.2 Å². The van der Waals surface area contributed by atoms with Gasteiger partial charge < -0.3 is 25.3 Å². The molecule has 0 aromatic carbocycles. The number of amides is 2. The van der Waals surface area contributed by atoms with Gasteiger partial charge in [-0.05, 0) is 25.1 Å². The van der Waals surface area contributed by atoms with Crippen LogP contribution in [0.5, 0.6) is 0 Å². The van der Waals surface area contributed by atoms with Gasteiger partial charge in [0, 0.05) is 45.7 Å². The molecule has 3 N–H and O–H groups in total. The number of hydrogen-bond donors (Lipinski definition) is 3. The lowest BCUT2D eigenvalue weighted by Crippen LogP contribution is -2.44. The summed E-state index contributed by atoms with van der Waals surface area (Å²) in [5.41, 5.74) is 0. The molecule has 0 aliphatic carbocycles. The molecule has 130 valence electrons. The van der Waals surface area contributed by atoms with Crippen LogP contribution in [-0.4, -0.2) is 62.5 Å². The molecule has 0 radical (unpaired) electrons. The molecule has 2 heterocycles. The summed E-state index contributed by atoms with van der Waals surface area (Å²) >= 11 is 0. The van der Waals surface area contributed by atoms with Gasteiger partial charge in [-0.3, -0.25) is 9.59 Å². The standard InChI is InChI=1S/C15H24N4O3.ClH/c20-14(4-6-18-15(21)13-3-1-12-22-13)17-5-2-9-19-10-7-16-8-11-19;/h1,3,12,16H,2,4-11H2,(H,17,20)(H,18,21);1H. The van der Waals surface area contributed by atoms with Crippen LogP contribution in [0, 0.1) is 0 Å². The average molecular weight is 345 g/mol. The molecule has 0 atom stereocenters. The number of carbonyl (C=O) groups is 2. The normalized spacial score (nSPS) is 14.8. The van der Waals surface area contributed by atoms with Gasteiger partial charge in [0.15, 0.2) is 5.76 Å². The molecule has 1 fully saturated rings. The first-order valence-corrected chi connectivity index (χ1v) is 7.77. The van der Waals surface area contributed by atoms with Crippen molar-refractivity contribution in [3.63, 3.8) is 0 Å². The van der Waals surface area contributed by atoms with E-state index in [1.807, 2.05) is 0 Å². The predicted octanol–water partition coefficient (Wildman–Crippen LogP) is 0.233. The zero-order valence-corrected chi connectivity index (χ0v) is 14.0. The molecule has 1 aromatic rings. The number of rotatable bonds is 8. The maximum Gasteiger partial charge on any atom is 0.286 e. The van der Waals surface area contributed by atoms with Crippen molar-refractivity contribution < 1.29 is 14.0 Å². The Bertz CT molecular complexity index is 461. The minimum absolute atomic E-state index is 0. The lowest BCUT2D eigenvalue weighted by atomic mass is 10.3. The minimum Gasteiger partial charge on any atom is -0.459 e. The third-order valence-electron chi connectivity index (χ3n) is 3.57. The number of nitrogens with zero attached hydrogens (tertiary/aromatic N) is 1. The van der Waals surface area contributed by atoms with Crippen molar-refractivity contribution in [1.29, 1.82) is 0 Å². The number of carbonyl (C=O) groups excluding carboxylic acids is 2. The van der Waals surface area contributed by atoms with Gasteiger partial charge in [0.1, 0.15) is 0 Å². The first kappa shape index (κ1) is 19.5. The van der Waals surface area contributed by atoms with Gasteiger partial charge in [0.2, 0.25) is 5.91 Å². The zero-order chi connectivity index (χ0) is 15.6. The van der Waals surface area contributed by atoms with Crippen molar-refractivity contribution in [1.82, 2.24) is 20.9 Å². The van der Waals surface area contributed by atoms with E-state index in [2.05, 4.69) is 20.9 Å². The van der Waals surface area contributed by atoms with Crippen molar-refractivity contribution in [2.75, 3.05) is 45.8 Å². The Morgan fingerprint density at radius 3 is 2.70 bits per heavy atom. The third kappa shape index (κ3) is 7.49. The van der Waals surface area contributed by atoms with E-state index in [9.17, 15) is 9.59 Å². The summed E-state index contributed by atoms with van der Waals surface area (Å²) in [6.45, 7) is 6.23. The van der Waals surface area contributed by atoms with E-state index in [1.54, 1.807) is 12.1 Å². The van der Waals surface area contributed by atoms with Crippen LogP contribution in [0.15, 0.2) is 22.8 Å². The van der Waals surface area contributed by atoms with Crippen molar-refractivity contribution in [3.05, 3.63) is 24.2 Å². The molecule has 0 bridgehead atoms. The highest BCUT2D eigenvalue weighted by Crippen LogP contribution is 1.98. The summed E-state index contributed by atoms with van der Waals surface area (Å²) in [5.74, 6) is -0.0759. The molecule has 0 unspecified atom stereocenters. The molecule has 1 aliphatic rings. The summed E-state index contributed by atoms with van der Waals surface area (Å²) in [7, 11) is 0. The maximum absolute atomic E-state index is 11.7. The van der Waals surface area contributed by atoms with Gasteiger partial charge in [-0.25, -0.2) is 0 Å². The van der Waals surface area contributed by atoms with Crippen LogP contribution in [0.4, 0.5) is 0 Å². The van der Waals surface area contributed by atoms with E-state index in [4.69, 9.17) is 4.42 Å². The number of halogens is 1. The van der Waals surface area contributed by atoms with Crippen LogP contribution in [0.1, 0.15) is 23.4 Å². The highest BCUT2D eigenvalue weighted by atomic mass is 35.5. The van der Waals surface area contributed by atoms with Crippen LogP contribution in [-0.2, 0) is 4.79 Å². The number of furan rings is 1. The first-order chi connectivity index (χ1) is 10.8. The summed E-state index contributed by atoms with van der Waals surface area (Å²) in [5, 5.41) is 8.84. The Labute approximate surface area is 142 Å². The van der Waals surface area contributed by atoms with E-state index in [1.165, 1.54) is 6.26 Å². The molecule has 0 saturated carbocycles. The number of piperazine rings is 1. The number of hydrogen-bond acceptors (Lipinski definition) is 5. The molecule has 23 heavy (non-hydrogen) atoms. The fourth-order valence-corrected chi connectivity index (χ4v) is 2.34. The van der Waals surface area contributed by atoms with E-state index in [-0.39, 0.29) is 36.4 Å². The molecular weight excluding hydrogens is 320 g/mol. The molecule has 1 aromatic heterocycles. The van der Waals surface area contributed by atoms with Crippen LogP contribution in [0.25, 0.3) is 0 Å². The summed E-state index contributed by atoms with van der Waals surface area (Å²) in [4.78, 5) is 25.6. The highest BCUT2D eigenvalue weighted by molar-refractivity contribution is 5.91. The second-order valence-electron chi connectivity index (χ2n) is 5.28. The van der Waals surface area contributed by atoms with Gasteiger partial charge in [0.25, 0.3) is 5.91 Å². The molecule has 2 rings (SSSR count). The van der Waals surface area contributed by atoms with Crippen molar-refractivity contribution in [2.24, 2.45) is 0 Å². The monoisotopic (exact) mass is 344 g/mol. The zero-order valence-electron chi connectivity index (χ0n) is 13.2. The van der Waals surface area contributed by atoms with Gasteiger partial charge >= 0.3 is 0 Å². The maximum atomic E-state index is 11.7. The Hall–Kier alpha value is -1.57. The number of nitrogens with one attached hydrogen (secondary N) is 3. The Morgan fingerprint density at radius 1 is 1.22 bits per heavy atom. The molecule has 8 heteroatoms. The van der Waals surface area contributed by atoms with Crippen LogP contribution < -0.4 is 16.0 Å². The highest BCUT2D eigenvalue weighted by Gasteiger charge is 2.10. The molecule has 1 saturated heterocycles. The van der Waals surface area contributed by atoms with E-state index < -0.39 is 0 Å². The van der Waals surface area contributed by atoms with Gasteiger partial charge in [-0.15, -0.1) is 12.4 Å². The molecular formula is C15H25ClN4O3. The fraction of sp³-hybridized carbons (Fsp3) is 0.600. The quantitative estimate of drug-likeness (QED) is 0.588. The fourth-order valence-electron chi connectivity index (χ4n) is 2.34. The Kier molecular flexibility index (Phi) is 9.35. The van der Waals surface area contributed by atoms with E-state index in [0.717, 1.165) is 39.1 Å². The first-order valence-electron chi connectivity index (χ1n) is 7.77. The second-order valence-corrected chi connectivity index (χ2v) is 5.28. The lowest BCUT2D eigenvalue weighted by molar-refractivity contribution is -0.120. The lowest BCUT2D eigenvalue weighted by Gasteiger charge is -2.27. The minimum atomic E-state index is -0.295. The molecule has 1 aliphatic heterocycles. The third-order valence-corrected chi connectivity index (χ3v) is 3.57. The van der Waals surface area contributed by atoms with E-state index >= 15 is 0 Å². The topological polar surface area (TPSA) is 86.6 Å². The Balaban J connectivity index is 0.00000264. The van der Waals surface area contributed by atoms with Crippen molar-refractivity contribution in [3.8, 4) is 0 Å². The van der Waals surface area contributed by atoms with Crippen LogP contribution in [0.2, 0.25) is 0 Å². The van der Waals surface area contributed by atoms with E-state index in [0.29, 0.717) is 13.1 Å². The Morgan fingerprint density at radius 2 is 2.00 bits per heavy atom. The van der Waals surface area contributed by atoms with Gasteiger partial charge in [0.05, 0.1) is 6.26 Å². The summed E-state index contributed by atoms with van der Waals surface area (Å²) < 4.78 is 4.97. The van der Waals surface area contributed by atoms with Crippen LogP contribution in [0.3, 0.4) is 0 Å². The largest absolute Gasteiger partial charge is 0.459 e. The van der Waals surface area contributed by atoms with Gasteiger partial charge in [-0.1, -0.05) is 0 Å². The van der Waals surface area contributed by atoms with Gasteiger partial charge in [-0.2, -0.15) is 0 Å². The second kappa shape index (κ2) is 11.0. The summed E-state index contributed by atoms with van der Waals surface area (Å²) in [6, 6.07) is 3.24. The molecule has 7 nitrogen and oxygen atoms in total. The average Bonchev–Trinajstić information content (AvgIpc) is 3.07. The summed E-state index contributed by atoms with van der Waals surface area (Å²) in [6.07, 6.45) is 2.67. The molecule has 0 spiro atoms. The predicted molar refractivity (Wildman–Crippen MR) is 89.8 cm³/mol. The SMILES string of the molecule is Cl.O=C(CCNC(=O)c1ccco1)NCCCN1CCNCC1. The van der Waals surface area contributed by atoms with Crippen molar-refractivity contribution in [2.45, 2.75) is 12.8 Å². The molecule has 2 amide bonds. The van der Waals surface area contributed by atoms with Crippen LogP contribution >= 0.6 is 12.4 Å². The smallest absolute Gasteiger partial charge is 0.286 e.